The van der Waals surface area contributed by atoms with Gasteiger partial charge in [0.15, 0.2) is 0 Å². The lowest BCUT2D eigenvalue weighted by molar-refractivity contribution is 0.251. The second-order valence-corrected chi connectivity index (χ2v) is 8.32. The average Bonchev–Trinajstić information content (AvgIpc) is 2.80. The van der Waals surface area contributed by atoms with Crippen molar-refractivity contribution < 1.29 is 13.2 Å². The van der Waals surface area contributed by atoms with Gasteiger partial charge in [-0.25, -0.2) is 13.2 Å². The minimum atomic E-state index is -3.22. The predicted octanol–water partition coefficient (Wildman–Crippen LogP) is 2.70. The van der Waals surface area contributed by atoms with Crippen molar-refractivity contribution in [2.75, 3.05) is 28.5 Å². The molecule has 1 heterocycles. The summed E-state index contributed by atoms with van der Waals surface area (Å²) in [5, 5.41) is 5.62. The first-order valence-electron chi connectivity index (χ1n) is 7.95. The Kier molecular flexibility index (Phi) is 5.51. The van der Waals surface area contributed by atoms with Gasteiger partial charge in [-0.15, -0.1) is 0 Å². The topological polar surface area (TPSA) is 78.5 Å². The SMILES string of the molecule is Cc1ccc(N2CCCS2(=O)=O)cc1NC(=O)NCCC(C)C. The zero-order valence-electron chi connectivity index (χ0n) is 13.9. The normalized spacial score (nSPS) is 16.6. The monoisotopic (exact) mass is 339 g/mol. The van der Waals surface area contributed by atoms with Crippen LogP contribution >= 0.6 is 0 Å². The second kappa shape index (κ2) is 7.21. The van der Waals surface area contributed by atoms with Crippen LogP contribution in [0.25, 0.3) is 0 Å². The third-order valence-corrected chi connectivity index (χ3v) is 5.73. The van der Waals surface area contributed by atoms with E-state index in [1.807, 2.05) is 13.0 Å². The van der Waals surface area contributed by atoms with Crippen molar-refractivity contribution in [1.29, 1.82) is 0 Å². The lowest BCUT2D eigenvalue weighted by atomic mass is 10.1. The van der Waals surface area contributed by atoms with E-state index >= 15 is 0 Å². The minimum Gasteiger partial charge on any atom is -0.338 e. The quantitative estimate of drug-likeness (QED) is 0.866. The van der Waals surface area contributed by atoms with E-state index in [1.165, 1.54) is 4.31 Å². The van der Waals surface area contributed by atoms with E-state index in [-0.39, 0.29) is 11.8 Å². The van der Waals surface area contributed by atoms with E-state index in [9.17, 15) is 13.2 Å². The van der Waals surface area contributed by atoms with Crippen molar-refractivity contribution in [2.45, 2.75) is 33.6 Å². The summed E-state index contributed by atoms with van der Waals surface area (Å²) in [6.07, 6.45) is 1.55. The highest BCUT2D eigenvalue weighted by Gasteiger charge is 2.28. The lowest BCUT2D eigenvalue weighted by Crippen LogP contribution is -2.30. The number of urea groups is 1. The van der Waals surface area contributed by atoms with Crippen LogP contribution in [0.1, 0.15) is 32.3 Å². The number of nitrogens with one attached hydrogen (secondary N) is 2. The predicted molar refractivity (Wildman–Crippen MR) is 93.4 cm³/mol. The first-order chi connectivity index (χ1) is 10.8. The molecule has 0 radical (unpaired) electrons. The summed E-state index contributed by atoms with van der Waals surface area (Å²) in [6, 6.07) is 5.06. The van der Waals surface area contributed by atoms with Gasteiger partial charge in [-0.3, -0.25) is 4.31 Å². The van der Waals surface area contributed by atoms with Crippen molar-refractivity contribution in [1.82, 2.24) is 5.32 Å². The van der Waals surface area contributed by atoms with Gasteiger partial charge in [-0.2, -0.15) is 0 Å². The smallest absolute Gasteiger partial charge is 0.319 e. The average molecular weight is 339 g/mol. The molecule has 7 heteroatoms. The fraction of sp³-hybridized carbons (Fsp3) is 0.562. The molecule has 0 spiro atoms. The molecule has 0 aliphatic carbocycles. The van der Waals surface area contributed by atoms with E-state index in [0.29, 0.717) is 36.8 Å². The number of sulfonamides is 1. The number of rotatable bonds is 5. The lowest BCUT2D eigenvalue weighted by Gasteiger charge is -2.19. The number of aryl methyl sites for hydroxylation is 1. The van der Waals surface area contributed by atoms with Crippen LogP contribution in [0.2, 0.25) is 0 Å². The molecule has 0 bridgehead atoms. The van der Waals surface area contributed by atoms with Crippen LogP contribution in [-0.2, 0) is 10.0 Å². The summed E-state index contributed by atoms with van der Waals surface area (Å²) >= 11 is 0. The summed E-state index contributed by atoms with van der Waals surface area (Å²) < 4.78 is 25.4. The van der Waals surface area contributed by atoms with Gasteiger partial charge in [0.05, 0.1) is 11.4 Å². The first-order valence-corrected chi connectivity index (χ1v) is 9.56. The highest BCUT2D eigenvalue weighted by molar-refractivity contribution is 7.93. The number of hydrogen-bond acceptors (Lipinski definition) is 3. The molecular formula is C16H25N3O3S. The van der Waals surface area contributed by atoms with E-state index in [0.717, 1.165) is 12.0 Å². The van der Waals surface area contributed by atoms with Gasteiger partial charge in [0.2, 0.25) is 10.0 Å². The molecule has 0 saturated carbocycles. The number of anilines is 2. The van der Waals surface area contributed by atoms with Crippen LogP contribution in [0, 0.1) is 12.8 Å². The fourth-order valence-electron chi connectivity index (χ4n) is 2.47. The molecule has 0 aromatic heterocycles. The summed E-state index contributed by atoms with van der Waals surface area (Å²) in [5.74, 6) is 0.708. The Morgan fingerprint density at radius 1 is 1.35 bits per heavy atom. The summed E-state index contributed by atoms with van der Waals surface area (Å²) in [7, 11) is -3.22. The first kappa shape index (κ1) is 17.6. The molecule has 128 valence electrons. The van der Waals surface area contributed by atoms with Crippen molar-refractivity contribution >= 4 is 27.4 Å². The number of amides is 2. The second-order valence-electron chi connectivity index (χ2n) is 6.30. The van der Waals surface area contributed by atoms with E-state index in [2.05, 4.69) is 24.5 Å². The summed E-state index contributed by atoms with van der Waals surface area (Å²) in [6.45, 7) is 7.19. The standard InChI is InChI=1S/C16H25N3O3S/c1-12(2)7-8-17-16(20)18-15-11-14(6-5-13(15)3)19-9-4-10-23(19,21)22/h5-6,11-12H,4,7-10H2,1-3H3,(H2,17,18,20). The zero-order valence-corrected chi connectivity index (χ0v) is 14.7. The van der Waals surface area contributed by atoms with Gasteiger partial charge in [0, 0.05) is 18.8 Å². The highest BCUT2D eigenvalue weighted by atomic mass is 32.2. The number of benzene rings is 1. The molecule has 23 heavy (non-hydrogen) atoms. The van der Waals surface area contributed by atoms with Crippen LogP contribution in [0.3, 0.4) is 0 Å². The van der Waals surface area contributed by atoms with Crippen molar-refractivity contribution in [3.8, 4) is 0 Å². The Morgan fingerprint density at radius 3 is 2.70 bits per heavy atom. The van der Waals surface area contributed by atoms with Gasteiger partial charge >= 0.3 is 6.03 Å². The van der Waals surface area contributed by atoms with Crippen molar-refractivity contribution in [3.63, 3.8) is 0 Å². The Balaban J connectivity index is 2.07. The fourth-order valence-corrected chi connectivity index (χ4v) is 4.03. The third-order valence-electron chi connectivity index (χ3n) is 3.86. The van der Waals surface area contributed by atoms with Gasteiger partial charge < -0.3 is 10.6 Å². The van der Waals surface area contributed by atoms with Crippen LogP contribution in [-0.4, -0.2) is 33.3 Å². The number of hydrogen-bond donors (Lipinski definition) is 2. The molecular weight excluding hydrogens is 314 g/mol. The number of carbonyl (C=O) groups is 1. The third kappa shape index (κ3) is 4.60. The maximum absolute atomic E-state index is 12.0. The van der Waals surface area contributed by atoms with Gasteiger partial charge in [0.25, 0.3) is 0 Å². The van der Waals surface area contributed by atoms with E-state index in [4.69, 9.17) is 0 Å². The molecule has 1 aromatic rings. The molecule has 0 unspecified atom stereocenters. The van der Waals surface area contributed by atoms with Crippen molar-refractivity contribution in [3.05, 3.63) is 23.8 Å². The Labute approximate surface area is 138 Å². The molecule has 1 aliphatic heterocycles. The minimum absolute atomic E-state index is 0.180. The van der Waals surface area contributed by atoms with Crippen LogP contribution in [0.4, 0.5) is 16.2 Å². The Hall–Kier alpha value is -1.76. The zero-order chi connectivity index (χ0) is 17.0. The molecule has 2 rings (SSSR count). The van der Waals surface area contributed by atoms with Crippen LogP contribution < -0.4 is 14.9 Å². The van der Waals surface area contributed by atoms with Gasteiger partial charge in [-0.1, -0.05) is 19.9 Å². The Morgan fingerprint density at radius 2 is 2.09 bits per heavy atom. The maximum atomic E-state index is 12.0. The molecule has 1 saturated heterocycles. The van der Waals surface area contributed by atoms with Crippen molar-refractivity contribution in [2.24, 2.45) is 5.92 Å². The number of carbonyl (C=O) groups excluding carboxylic acids is 1. The summed E-state index contributed by atoms with van der Waals surface area (Å²) in [5.41, 5.74) is 2.13. The Bertz CT molecular complexity index is 671. The molecule has 2 N–H and O–H groups in total. The van der Waals surface area contributed by atoms with Gasteiger partial charge in [0.1, 0.15) is 0 Å². The van der Waals surface area contributed by atoms with E-state index in [1.54, 1.807) is 12.1 Å². The highest BCUT2D eigenvalue weighted by Crippen LogP contribution is 2.28. The summed E-state index contributed by atoms with van der Waals surface area (Å²) in [4.78, 5) is 12.0. The molecule has 1 fully saturated rings. The molecule has 1 aliphatic rings. The van der Waals surface area contributed by atoms with Gasteiger partial charge in [-0.05, 0) is 43.4 Å². The van der Waals surface area contributed by atoms with Crippen LogP contribution in [0.5, 0.6) is 0 Å². The largest absolute Gasteiger partial charge is 0.338 e. The molecule has 1 aromatic carbocycles. The molecule has 6 nitrogen and oxygen atoms in total. The molecule has 0 atom stereocenters. The van der Waals surface area contributed by atoms with E-state index < -0.39 is 10.0 Å². The molecule has 2 amide bonds. The number of nitrogens with zero attached hydrogens (tertiary/aromatic N) is 1. The maximum Gasteiger partial charge on any atom is 0.319 e. The van der Waals surface area contributed by atoms with Crippen LogP contribution in [0.15, 0.2) is 18.2 Å².